The van der Waals surface area contributed by atoms with Crippen LogP contribution in [0.25, 0.3) is 0 Å². The molecule has 2 heterocycles. The van der Waals surface area contributed by atoms with E-state index in [9.17, 15) is 9.69 Å². The molecule has 0 amide bonds. The fourth-order valence-electron chi connectivity index (χ4n) is 2.11. The van der Waals surface area contributed by atoms with Gasteiger partial charge in [-0.1, -0.05) is 0 Å². The Morgan fingerprint density at radius 3 is 2.14 bits per heavy atom. The summed E-state index contributed by atoms with van der Waals surface area (Å²) in [5, 5.41) is 7.90. The molecule has 0 spiro atoms. The van der Waals surface area contributed by atoms with Crippen molar-refractivity contribution < 1.29 is 23.8 Å². The highest BCUT2D eigenvalue weighted by Gasteiger charge is 2.64. The van der Waals surface area contributed by atoms with Gasteiger partial charge in [-0.3, -0.25) is 0 Å². The second-order valence-corrected chi connectivity index (χ2v) is 6.08. The molecule has 2 aliphatic rings. The lowest BCUT2D eigenvalue weighted by Gasteiger charge is -2.46. The van der Waals surface area contributed by atoms with Crippen LogP contribution in [-0.4, -0.2) is 29.4 Å². The molecule has 0 aromatic carbocycles. The summed E-state index contributed by atoms with van der Waals surface area (Å²) in [6.45, 7) is 0.679. The molecule has 2 aliphatic heterocycles. The fraction of sp³-hybridized carbons (Fsp3) is 0.875. The molecule has 1 N–H and O–H groups in total. The Balaban J connectivity index is 2.34. The van der Waals surface area contributed by atoms with E-state index in [1.165, 1.54) is 0 Å². The minimum absolute atomic E-state index is 0.340. The zero-order valence-corrected chi connectivity index (χ0v) is 8.66. The van der Waals surface area contributed by atoms with E-state index in [0.717, 1.165) is 0 Å². The number of rotatable bonds is 1. The van der Waals surface area contributed by atoms with Crippen LogP contribution in [0.15, 0.2) is 0 Å². The second-order valence-electron chi connectivity index (χ2n) is 3.71. The maximum atomic E-state index is 12.2. The molecule has 0 atom stereocenters. The summed E-state index contributed by atoms with van der Waals surface area (Å²) in [6, 6.07) is 0. The third kappa shape index (κ3) is 1.27. The maximum absolute atomic E-state index is 12.2. The molecule has 0 aromatic heterocycles. The van der Waals surface area contributed by atoms with Crippen LogP contribution in [0.1, 0.15) is 25.7 Å². The summed E-state index contributed by atoms with van der Waals surface area (Å²) < 4.78 is 10.2. The number of carboxylic acids is 1. The van der Waals surface area contributed by atoms with Gasteiger partial charge in [-0.15, -0.1) is 0 Å². The Labute approximate surface area is 82.6 Å². The van der Waals surface area contributed by atoms with Crippen molar-refractivity contribution in [1.29, 1.82) is 0 Å². The molecule has 0 radical (unpaired) electrons. The normalized spacial score (nSPS) is 42.9. The first-order chi connectivity index (χ1) is 6.61. The lowest BCUT2D eigenvalue weighted by Crippen LogP contribution is -2.51. The summed E-state index contributed by atoms with van der Waals surface area (Å²) in [5.74, 6) is -1.04. The van der Waals surface area contributed by atoms with Gasteiger partial charge in [0.25, 0.3) is 7.94 Å². The third-order valence-corrected chi connectivity index (χ3v) is 5.65. The van der Waals surface area contributed by atoms with Gasteiger partial charge in [0.05, 0.1) is 13.2 Å². The van der Waals surface area contributed by atoms with E-state index in [2.05, 4.69) is 0 Å². The van der Waals surface area contributed by atoms with Crippen molar-refractivity contribution in [3.63, 3.8) is 0 Å². The number of fused-ring (bicyclic) bond motifs is 1. The number of aliphatic carboxylic acids is 1. The van der Waals surface area contributed by atoms with E-state index in [1.54, 1.807) is 0 Å². The minimum Gasteiger partial charge on any atom is -0.631 e. The van der Waals surface area contributed by atoms with Crippen LogP contribution in [0.4, 0.5) is 0 Å². The maximum Gasteiger partial charge on any atom is 0.353 e. The number of carboxylic acid groups (broad SMARTS) is 1. The van der Waals surface area contributed by atoms with Crippen LogP contribution in [0.5, 0.6) is 0 Å². The van der Waals surface area contributed by atoms with E-state index < -0.39 is 19.1 Å². The van der Waals surface area contributed by atoms with Crippen LogP contribution in [0.2, 0.25) is 0 Å². The van der Waals surface area contributed by atoms with Crippen LogP contribution in [0.3, 0.4) is 0 Å². The van der Waals surface area contributed by atoms with Gasteiger partial charge >= 0.3 is 5.97 Å². The molecular formula is C8H13O5P. The molecule has 0 aromatic rings. The monoisotopic (exact) mass is 220 g/mol. The SMILES string of the molecule is O=C(O)C12CCCO[P+]1([O-])OCCC2. The Hall–Kier alpha value is -0.220. The highest BCUT2D eigenvalue weighted by atomic mass is 31.2. The van der Waals surface area contributed by atoms with Crippen molar-refractivity contribution in [1.82, 2.24) is 0 Å². The molecule has 0 unspecified atom stereocenters. The molecular weight excluding hydrogens is 207 g/mol. The van der Waals surface area contributed by atoms with Gasteiger partial charge in [0.2, 0.25) is 5.16 Å². The first kappa shape index (κ1) is 10.3. The van der Waals surface area contributed by atoms with Crippen molar-refractivity contribution in [2.45, 2.75) is 30.8 Å². The van der Waals surface area contributed by atoms with Crippen LogP contribution in [-0.2, 0) is 13.8 Å². The highest BCUT2D eigenvalue weighted by Crippen LogP contribution is 2.71. The highest BCUT2D eigenvalue weighted by molar-refractivity contribution is 7.62. The zero-order valence-electron chi connectivity index (χ0n) is 7.77. The van der Waals surface area contributed by atoms with Crippen molar-refractivity contribution in [2.24, 2.45) is 0 Å². The smallest absolute Gasteiger partial charge is 0.353 e. The lowest BCUT2D eigenvalue weighted by atomic mass is 9.96. The summed E-state index contributed by atoms with van der Waals surface area (Å²) in [7, 11) is -3.40. The molecule has 80 valence electrons. The average Bonchev–Trinajstić information content (AvgIpc) is 2.16. The molecule has 5 nitrogen and oxygen atoms in total. The molecule has 2 rings (SSSR count). The van der Waals surface area contributed by atoms with Gasteiger partial charge in [-0.05, 0) is 12.8 Å². The van der Waals surface area contributed by atoms with Crippen LogP contribution < -0.4 is 4.89 Å². The number of carbonyl (C=O) groups is 1. The summed E-state index contributed by atoms with van der Waals surface area (Å²) in [4.78, 5) is 23.3. The Morgan fingerprint density at radius 2 is 1.79 bits per heavy atom. The molecule has 2 saturated heterocycles. The summed E-state index contributed by atoms with van der Waals surface area (Å²) in [5.41, 5.74) is 0. The molecule has 0 bridgehead atoms. The van der Waals surface area contributed by atoms with Gasteiger partial charge < -0.3 is 10.00 Å². The van der Waals surface area contributed by atoms with Gasteiger partial charge in [0, 0.05) is 12.8 Å². The minimum atomic E-state index is -3.40. The van der Waals surface area contributed by atoms with Crippen LogP contribution >= 0.6 is 7.94 Å². The fourth-order valence-corrected chi connectivity index (χ4v) is 4.52. The van der Waals surface area contributed by atoms with Gasteiger partial charge in [-0.25, -0.2) is 13.8 Å². The van der Waals surface area contributed by atoms with E-state index in [4.69, 9.17) is 14.2 Å². The first-order valence-corrected chi connectivity index (χ1v) is 6.28. The van der Waals surface area contributed by atoms with Gasteiger partial charge in [-0.2, -0.15) is 0 Å². The number of hydrogen-bond acceptors (Lipinski definition) is 4. The molecule has 0 saturated carbocycles. The number of hydrogen-bond donors (Lipinski definition) is 1. The van der Waals surface area contributed by atoms with E-state index >= 15 is 0 Å². The van der Waals surface area contributed by atoms with Crippen molar-refractivity contribution in [3.05, 3.63) is 0 Å². The Morgan fingerprint density at radius 1 is 1.29 bits per heavy atom. The topological polar surface area (TPSA) is 78.8 Å². The molecule has 6 heteroatoms. The van der Waals surface area contributed by atoms with Crippen molar-refractivity contribution in [2.75, 3.05) is 13.2 Å². The lowest BCUT2D eigenvalue weighted by molar-refractivity contribution is -0.235. The first-order valence-electron chi connectivity index (χ1n) is 4.73. The summed E-state index contributed by atoms with van der Waals surface area (Å²) >= 11 is 0. The quantitative estimate of drug-likeness (QED) is 0.653. The predicted octanol–water partition coefficient (Wildman–Crippen LogP) is 0.553. The summed E-state index contributed by atoms with van der Waals surface area (Å²) in [6.07, 6.45) is 2.08. The second kappa shape index (κ2) is 3.42. The van der Waals surface area contributed by atoms with E-state index in [1.807, 2.05) is 0 Å². The third-order valence-electron chi connectivity index (χ3n) is 2.91. The van der Waals surface area contributed by atoms with E-state index in [-0.39, 0.29) is 0 Å². The molecule has 14 heavy (non-hydrogen) atoms. The molecule has 2 fully saturated rings. The largest absolute Gasteiger partial charge is 0.631 e. The van der Waals surface area contributed by atoms with Gasteiger partial charge in [0.15, 0.2) is 0 Å². The van der Waals surface area contributed by atoms with Gasteiger partial charge in [0.1, 0.15) is 0 Å². The zero-order chi connectivity index (χ0) is 10.2. The van der Waals surface area contributed by atoms with Crippen LogP contribution in [0, 0.1) is 0 Å². The Kier molecular flexibility index (Phi) is 2.52. The average molecular weight is 220 g/mol. The predicted molar refractivity (Wildman–Crippen MR) is 47.7 cm³/mol. The van der Waals surface area contributed by atoms with Crippen molar-refractivity contribution >= 4 is 13.9 Å². The Bertz CT molecular complexity index is 242. The molecule has 0 aliphatic carbocycles. The van der Waals surface area contributed by atoms with E-state index in [0.29, 0.717) is 38.9 Å². The van der Waals surface area contributed by atoms with Crippen molar-refractivity contribution in [3.8, 4) is 0 Å². The standard InChI is InChI=1S/C8H13O5P/c9-7(10)8-3-1-5-12-14(8,11)13-6-2-4-8/h1-6H2,(H,9,10).